The summed E-state index contributed by atoms with van der Waals surface area (Å²) in [6.07, 6.45) is 0.311. The fourth-order valence-electron chi connectivity index (χ4n) is 1.75. The molecule has 1 aromatic carbocycles. The summed E-state index contributed by atoms with van der Waals surface area (Å²) in [7, 11) is 0. The number of aromatic carboxylic acids is 1. The summed E-state index contributed by atoms with van der Waals surface area (Å²) >= 11 is 0. The van der Waals surface area contributed by atoms with Crippen LogP contribution < -0.4 is 0 Å². The highest BCUT2D eigenvalue weighted by Crippen LogP contribution is 2.11. The largest absolute Gasteiger partial charge is 0.508 e. The lowest BCUT2D eigenvalue weighted by molar-refractivity contribution is 0.0690. The van der Waals surface area contributed by atoms with Gasteiger partial charge in [0.25, 0.3) is 0 Å². The molecular formula is C15H15NO5. The number of pyridine rings is 1. The Morgan fingerprint density at radius 2 is 2.10 bits per heavy atom. The van der Waals surface area contributed by atoms with Crippen molar-refractivity contribution in [1.82, 2.24) is 4.98 Å². The number of para-hydroxylation sites is 1. The lowest BCUT2D eigenvalue weighted by Crippen LogP contribution is -2.06. The number of rotatable bonds is 2. The quantitative estimate of drug-likeness (QED) is 0.855. The molecule has 0 aliphatic carbocycles. The maximum absolute atomic E-state index is 10.6. The Morgan fingerprint density at radius 1 is 1.33 bits per heavy atom. The van der Waals surface area contributed by atoms with E-state index < -0.39 is 12.1 Å². The molecule has 2 heterocycles. The molecule has 0 saturated carbocycles. The van der Waals surface area contributed by atoms with Gasteiger partial charge in [-0.15, -0.1) is 0 Å². The lowest BCUT2D eigenvalue weighted by atomic mass is 10.2. The third kappa shape index (κ3) is 3.92. The summed E-state index contributed by atoms with van der Waals surface area (Å²) in [5.41, 5.74) is 0.793. The van der Waals surface area contributed by atoms with E-state index in [0.717, 1.165) is 11.8 Å². The molecule has 1 aromatic heterocycles. The van der Waals surface area contributed by atoms with E-state index in [4.69, 9.17) is 5.11 Å². The smallest absolute Gasteiger partial charge is 0.477 e. The third-order valence-corrected chi connectivity index (χ3v) is 2.92. The van der Waals surface area contributed by atoms with Gasteiger partial charge in [-0.1, -0.05) is 31.2 Å². The second kappa shape index (κ2) is 6.69. The average Bonchev–Trinajstić information content (AvgIpc) is 2.93. The van der Waals surface area contributed by atoms with E-state index in [2.05, 4.69) is 14.5 Å². The standard InChI is InChI=1S/C10H7NO2.C5H8O3/c12-10(13)9-6-5-7-3-1-2-4-8(7)11-9;1-2-4-3-7-5(6)8-4/h1-6H,(H,12,13);4H,2-3H2,1H3. The second-order valence-corrected chi connectivity index (χ2v) is 4.40. The van der Waals surface area contributed by atoms with Crippen LogP contribution in [-0.2, 0) is 9.47 Å². The highest BCUT2D eigenvalue weighted by Gasteiger charge is 2.22. The number of nitrogens with zero attached hydrogens (tertiary/aromatic N) is 1. The number of benzene rings is 1. The zero-order valence-corrected chi connectivity index (χ0v) is 11.5. The molecule has 0 bridgehead atoms. The number of carbonyl (C=O) groups is 2. The topological polar surface area (TPSA) is 85.7 Å². The molecule has 1 aliphatic rings. The van der Waals surface area contributed by atoms with Crippen LogP contribution in [0.5, 0.6) is 0 Å². The predicted molar refractivity (Wildman–Crippen MR) is 75.2 cm³/mol. The molecule has 0 amide bonds. The minimum atomic E-state index is -0.995. The molecule has 1 saturated heterocycles. The van der Waals surface area contributed by atoms with Gasteiger partial charge in [0.15, 0.2) is 0 Å². The highest BCUT2D eigenvalue weighted by atomic mass is 16.8. The number of aromatic nitrogens is 1. The Labute approximate surface area is 121 Å². The van der Waals surface area contributed by atoms with Crippen molar-refractivity contribution in [2.24, 2.45) is 0 Å². The normalized spacial score (nSPS) is 16.6. The molecule has 0 radical (unpaired) electrons. The first kappa shape index (κ1) is 14.8. The van der Waals surface area contributed by atoms with Gasteiger partial charge in [0.2, 0.25) is 0 Å². The number of hydrogen-bond donors (Lipinski definition) is 1. The van der Waals surface area contributed by atoms with Crippen LogP contribution in [0, 0.1) is 0 Å². The van der Waals surface area contributed by atoms with Crippen molar-refractivity contribution in [3.05, 3.63) is 42.1 Å². The Morgan fingerprint density at radius 3 is 2.67 bits per heavy atom. The van der Waals surface area contributed by atoms with Crippen LogP contribution in [0.1, 0.15) is 23.8 Å². The molecular weight excluding hydrogens is 274 g/mol. The second-order valence-electron chi connectivity index (χ2n) is 4.40. The van der Waals surface area contributed by atoms with Crippen LogP contribution >= 0.6 is 0 Å². The number of carbonyl (C=O) groups excluding carboxylic acids is 1. The molecule has 6 heteroatoms. The van der Waals surface area contributed by atoms with Gasteiger partial charge in [-0.2, -0.15) is 0 Å². The summed E-state index contributed by atoms with van der Waals surface area (Å²) in [5, 5.41) is 9.63. The molecule has 2 aromatic rings. The average molecular weight is 289 g/mol. The van der Waals surface area contributed by atoms with E-state index in [1.54, 1.807) is 12.1 Å². The molecule has 1 aliphatic heterocycles. The molecule has 3 rings (SSSR count). The van der Waals surface area contributed by atoms with Crippen LogP contribution in [0.25, 0.3) is 10.9 Å². The first-order valence-corrected chi connectivity index (χ1v) is 6.52. The summed E-state index contributed by atoms with van der Waals surface area (Å²) in [5.74, 6) is -0.995. The van der Waals surface area contributed by atoms with Gasteiger partial charge < -0.3 is 14.6 Å². The van der Waals surface area contributed by atoms with Crippen molar-refractivity contribution < 1.29 is 24.2 Å². The molecule has 1 N–H and O–H groups in total. The van der Waals surface area contributed by atoms with Crippen molar-refractivity contribution in [2.45, 2.75) is 19.4 Å². The van der Waals surface area contributed by atoms with E-state index in [0.29, 0.717) is 12.1 Å². The first-order chi connectivity index (χ1) is 10.1. The Kier molecular flexibility index (Phi) is 4.71. The van der Waals surface area contributed by atoms with E-state index in [1.165, 1.54) is 6.07 Å². The van der Waals surface area contributed by atoms with E-state index >= 15 is 0 Å². The van der Waals surface area contributed by atoms with Crippen molar-refractivity contribution in [1.29, 1.82) is 0 Å². The number of fused-ring (bicyclic) bond motifs is 1. The van der Waals surface area contributed by atoms with Crippen LogP contribution in [0.3, 0.4) is 0 Å². The zero-order valence-electron chi connectivity index (χ0n) is 11.5. The number of ether oxygens (including phenoxy) is 2. The molecule has 1 unspecified atom stereocenters. The maximum atomic E-state index is 10.6. The molecule has 21 heavy (non-hydrogen) atoms. The SMILES string of the molecule is CCC1COC(=O)O1.O=C(O)c1ccc2ccccc2n1. The van der Waals surface area contributed by atoms with Gasteiger partial charge in [0, 0.05) is 5.39 Å². The zero-order chi connectivity index (χ0) is 15.2. The Bertz CT molecular complexity index is 655. The van der Waals surface area contributed by atoms with Crippen LogP contribution in [0.4, 0.5) is 4.79 Å². The molecule has 6 nitrogen and oxygen atoms in total. The van der Waals surface area contributed by atoms with Gasteiger partial charge in [0.05, 0.1) is 5.52 Å². The number of carboxylic acids is 1. The van der Waals surface area contributed by atoms with E-state index in [9.17, 15) is 9.59 Å². The van der Waals surface area contributed by atoms with Crippen LogP contribution in [-0.4, -0.2) is 34.9 Å². The minimum absolute atomic E-state index is 0.00231. The molecule has 1 fully saturated rings. The summed E-state index contributed by atoms with van der Waals surface area (Å²) in [4.78, 5) is 24.7. The Balaban J connectivity index is 0.000000173. The molecule has 0 spiro atoms. The maximum Gasteiger partial charge on any atom is 0.508 e. The van der Waals surface area contributed by atoms with Crippen LogP contribution in [0.2, 0.25) is 0 Å². The number of cyclic esters (lactones) is 2. The van der Waals surface area contributed by atoms with Gasteiger partial charge in [-0.05, 0) is 18.6 Å². The fourth-order valence-corrected chi connectivity index (χ4v) is 1.75. The van der Waals surface area contributed by atoms with Gasteiger partial charge in [0.1, 0.15) is 18.4 Å². The van der Waals surface area contributed by atoms with Crippen molar-refractivity contribution in [3.8, 4) is 0 Å². The monoisotopic (exact) mass is 289 g/mol. The van der Waals surface area contributed by atoms with Gasteiger partial charge in [-0.3, -0.25) is 0 Å². The van der Waals surface area contributed by atoms with Crippen molar-refractivity contribution >= 4 is 23.0 Å². The summed E-state index contributed by atoms with van der Waals surface area (Å²) in [6.45, 7) is 2.38. The molecule has 110 valence electrons. The minimum Gasteiger partial charge on any atom is -0.477 e. The number of carboxylic acid groups (broad SMARTS) is 1. The lowest BCUT2D eigenvalue weighted by Gasteiger charge is -1.97. The van der Waals surface area contributed by atoms with E-state index in [-0.39, 0.29) is 11.8 Å². The fraction of sp³-hybridized carbons (Fsp3) is 0.267. The summed E-state index contributed by atoms with van der Waals surface area (Å²) in [6, 6.07) is 10.7. The number of hydrogen-bond acceptors (Lipinski definition) is 5. The molecule has 1 atom stereocenters. The predicted octanol–water partition coefficient (Wildman–Crippen LogP) is 2.86. The first-order valence-electron chi connectivity index (χ1n) is 6.52. The highest BCUT2D eigenvalue weighted by molar-refractivity contribution is 5.89. The van der Waals surface area contributed by atoms with Crippen molar-refractivity contribution in [2.75, 3.05) is 6.61 Å². The summed E-state index contributed by atoms with van der Waals surface area (Å²) < 4.78 is 9.14. The Hall–Kier alpha value is -2.63. The van der Waals surface area contributed by atoms with Crippen LogP contribution in [0.15, 0.2) is 36.4 Å². The van der Waals surface area contributed by atoms with Gasteiger partial charge in [-0.25, -0.2) is 14.6 Å². The van der Waals surface area contributed by atoms with Crippen molar-refractivity contribution in [3.63, 3.8) is 0 Å². The van der Waals surface area contributed by atoms with Gasteiger partial charge >= 0.3 is 12.1 Å². The van der Waals surface area contributed by atoms with E-state index in [1.807, 2.05) is 25.1 Å². The third-order valence-electron chi connectivity index (χ3n) is 2.92.